The van der Waals surface area contributed by atoms with Crippen molar-refractivity contribution < 1.29 is 19.1 Å². The molecule has 2 aliphatic rings. The van der Waals surface area contributed by atoms with Crippen LogP contribution in [0.5, 0.6) is 0 Å². The lowest BCUT2D eigenvalue weighted by atomic mass is 9.73. The van der Waals surface area contributed by atoms with E-state index in [9.17, 15) is 9.59 Å². The van der Waals surface area contributed by atoms with Gasteiger partial charge in [0, 0.05) is 12.0 Å². The maximum Gasteiger partial charge on any atom is 0.407 e. The third kappa shape index (κ3) is 5.93. The molecule has 0 bridgehead atoms. The van der Waals surface area contributed by atoms with Crippen LogP contribution in [0.25, 0.3) is 0 Å². The first-order valence-electron chi connectivity index (χ1n) is 11.9. The summed E-state index contributed by atoms with van der Waals surface area (Å²) >= 11 is 0. The fourth-order valence-electron chi connectivity index (χ4n) is 4.98. The van der Waals surface area contributed by atoms with E-state index in [1.165, 1.54) is 5.57 Å². The van der Waals surface area contributed by atoms with Gasteiger partial charge in [-0.05, 0) is 69.4 Å². The molecule has 0 aliphatic heterocycles. The third-order valence-electron chi connectivity index (χ3n) is 6.80. The van der Waals surface area contributed by atoms with Gasteiger partial charge in [0.05, 0.1) is 5.92 Å². The zero-order valence-corrected chi connectivity index (χ0v) is 20.4. The summed E-state index contributed by atoms with van der Waals surface area (Å²) in [6.45, 7) is 16.3. The van der Waals surface area contributed by atoms with E-state index >= 15 is 0 Å². The average Bonchev–Trinajstić information content (AvgIpc) is 2.68. The summed E-state index contributed by atoms with van der Waals surface area (Å²) in [5.74, 6) is 0.467. The topological polar surface area (TPSA) is 64.6 Å². The maximum atomic E-state index is 13.5. The van der Waals surface area contributed by atoms with Crippen molar-refractivity contribution in [1.29, 1.82) is 0 Å². The van der Waals surface area contributed by atoms with E-state index in [1.54, 1.807) is 0 Å². The van der Waals surface area contributed by atoms with Crippen molar-refractivity contribution in [2.75, 3.05) is 0 Å². The smallest absolute Gasteiger partial charge is 0.407 e. The second-order valence-electron chi connectivity index (χ2n) is 10.9. The fraction of sp³-hybridized carbons (Fsp3) is 0.630. The van der Waals surface area contributed by atoms with E-state index in [0.717, 1.165) is 24.0 Å². The van der Waals surface area contributed by atoms with Gasteiger partial charge in [0.15, 0.2) is 0 Å². The Morgan fingerprint density at radius 2 is 1.81 bits per heavy atom. The summed E-state index contributed by atoms with van der Waals surface area (Å²) in [7, 11) is 0. The molecule has 0 heterocycles. The zero-order valence-electron chi connectivity index (χ0n) is 20.4. The van der Waals surface area contributed by atoms with E-state index < -0.39 is 17.6 Å². The van der Waals surface area contributed by atoms with E-state index in [-0.39, 0.29) is 24.0 Å². The molecule has 176 valence electrons. The van der Waals surface area contributed by atoms with Gasteiger partial charge >= 0.3 is 12.1 Å². The largest absolute Gasteiger partial charge is 0.462 e. The second-order valence-corrected chi connectivity index (χ2v) is 10.9. The maximum absolute atomic E-state index is 13.5. The van der Waals surface area contributed by atoms with Crippen LogP contribution in [0.4, 0.5) is 4.79 Å². The highest BCUT2D eigenvalue weighted by atomic mass is 16.6. The van der Waals surface area contributed by atoms with E-state index in [2.05, 4.69) is 32.7 Å². The molecule has 5 heteroatoms. The number of allylic oxidation sites excluding steroid dienone is 1. The van der Waals surface area contributed by atoms with Crippen molar-refractivity contribution in [3.63, 3.8) is 0 Å². The number of nitrogens with one attached hydrogen (secondary N) is 1. The van der Waals surface area contributed by atoms with E-state index in [1.807, 2.05) is 45.0 Å². The van der Waals surface area contributed by atoms with Gasteiger partial charge in [-0.2, -0.15) is 0 Å². The molecular weight excluding hydrogens is 402 g/mol. The molecule has 2 aliphatic carbocycles. The van der Waals surface area contributed by atoms with Gasteiger partial charge in [-0.25, -0.2) is 4.79 Å². The molecule has 0 radical (unpaired) electrons. The number of alkyl carbamates (subject to hydrolysis) is 1. The summed E-state index contributed by atoms with van der Waals surface area (Å²) in [4.78, 5) is 25.8. The van der Waals surface area contributed by atoms with Gasteiger partial charge in [0.1, 0.15) is 11.7 Å². The molecule has 3 rings (SSSR count). The van der Waals surface area contributed by atoms with Crippen molar-refractivity contribution in [1.82, 2.24) is 5.32 Å². The number of esters is 1. The summed E-state index contributed by atoms with van der Waals surface area (Å²) in [5.41, 5.74) is 2.77. The van der Waals surface area contributed by atoms with Crippen molar-refractivity contribution >= 4 is 12.1 Å². The zero-order chi connectivity index (χ0) is 23.6. The molecule has 1 aromatic rings. The first kappa shape index (κ1) is 24.3. The predicted molar refractivity (Wildman–Crippen MR) is 126 cm³/mol. The van der Waals surface area contributed by atoms with Crippen molar-refractivity contribution in [3.05, 3.63) is 47.5 Å². The van der Waals surface area contributed by atoms with Crippen LogP contribution in [0.2, 0.25) is 0 Å². The minimum atomic E-state index is -0.567. The Balaban J connectivity index is 1.76. The number of ether oxygens (including phenoxy) is 2. The second kappa shape index (κ2) is 9.68. The highest BCUT2D eigenvalue weighted by Gasteiger charge is 2.39. The summed E-state index contributed by atoms with van der Waals surface area (Å²) in [6, 6.07) is 7.80. The highest BCUT2D eigenvalue weighted by molar-refractivity contribution is 5.80. The van der Waals surface area contributed by atoms with Crippen LogP contribution in [-0.4, -0.2) is 29.8 Å². The number of carbonyl (C=O) groups excluding carboxylic acids is 2. The predicted octanol–water partition coefficient (Wildman–Crippen LogP) is 5.78. The molecule has 5 atom stereocenters. The Bertz CT molecular complexity index is 853. The number of carbonyl (C=O) groups is 2. The molecule has 1 fully saturated rings. The molecule has 0 aromatic heterocycles. The van der Waals surface area contributed by atoms with Crippen LogP contribution in [0.1, 0.15) is 77.8 Å². The van der Waals surface area contributed by atoms with Crippen LogP contribution in [-0.2, 0) is 20.7 Å². The first-order chi connectivity index (χ1) is 14.9. The van der Waals surface area contributed by atoms with Gasteiger partial charge in [-0.15, -0.1) is 0 Å². The van der Waals surface area contributed by atoms with Gasteiger partial charge in [-0.3, -0.25) is 4.79 Å². The summed E-state index contributed by atoms with van der Waals surface area (Å²) in [6.07, 6.45) is 2.36. The monoisotopic (exact) mass is 441 g/mol. The Morgan fingerprint density at radius 3 is 2.47 bits per heavy atom. The first-order valence-corrected chi connectivity index (χ1v) is 11.9. The van der Waals surface area contributed by atoms with Crippen LogP contribution in [0.15, 0.2) is 36.4 Å². The van der Waals surface area contributed by atoms with E-state index in [4.69, 9.17) is 9.47 Å². The number of rotatable bonds is 4. The fourth-order valence-corrected chi connectivity index (χ4v) is 4.98. The number of benzene rings is 1. The highest BCUT2D eigenvalue weighted by Crippen LogP contribution is 2.40. The Kier molecular flexibility index (Phi) is 7.36. The van der Waals surface area contributed by atoms with Gasteiger partial charge in [0.25, 0.3) is 0 Å². The standard InChI is InChI=1S/C27H39NO4/c1-16(2)22-12-17(3)18(4)13-24(22)31-25(29)23-15-20(28-26(30)32-27(5,6)7)14-19-10-8-9-11-21(19)23/h8-11,16,18,20,22-24H,3,12-15H2,1-2,4-7H3,(H,28,30)/t18?,20-,22-,23-,24?/m0/s1. The molecule has 32 heavy (non-hydrogen) atoms. The lowest BCUT2D eigenvalue weighted by Crippen LogP contribution is -2.44. The molecule has 2 unspecified atom stereocenters. The molecule has 1 amide bonds. The number of hydrogen-bond donors (Lipinski definition) is 1. The van der Waals surface area contributed by atoms with Crippen molar-refractivity contribution in [2.45, 2.75) is 90.9 Å². The van der Waals surface area contributed by atoms with Crippen LogP contribution >= 0.6 is 0 Å². The number of hydrogen-bond acceptors (Lipinski definition) is 4. The summed E-state index contributed by atoms with van der Waals surface area (Å²) < 4.78 is 11.6. The Morgan fingerprint density at radius 1 is 1.12 bits per heavy atom. The van der Waals surface area contributed by atoms with Crippen LogP contribution in [0.3, 0.4) is 0 Å². The molecule has 0 saturated heterocycles. The van der Waals surface area contributed by atoms with Gasteiger partial charge in [0.2, 0.25) is 0 Å². The molecule has 5 nitrogen and oxygen atoms in total. The lowest BCUT2D eigenvalue weighted by molar-refractivity contribution is -0.157. The minimum absolute atomic E-state index is 0.102. The third-order valence-corrected chi connectivity index (χ3v) is 6.80. The Labute approximate surface area is 192 Å². The number of amides is 1. The minimum Gasteiger partial charge on any atom is -0.462 e. The van der Waals surface area contributed by atoms with Crippen LogP contribution < -0.4 is 5.32 Å². The van der Waals surface area contributed by atoms with Crippen LogP contribution in [0, 0.1) is 17.8 Å². The van der Waals surface area contributed by atoms with Gasteiger partial charge in [-0.1, -0.05) is 57.2 Å². The quantitative estimate of drug-likeness (QED) is 0.475. The average molecular weight is 442 g/mol. The lowest BCUT2D eigenvalue weighted by Gasteiger charge is -2.39. The molecular formula is C27H39NO4. The molecule has 1 N–H and O–H groups in total. The molecule has 1 saturated carbocycles. The van der Waals surface area contributed by atoms with E-state index in [0.29, 0.717) is 24.7 Å². The van der Waals surface area contributed by atoms with Crippen molar-refractivity contribution in [2.24, 2.45) is 17.8 Å². The molecule has 0 spiro atoms. The Hall–Kier alpha value is -2.30. The molecule has 1 aromatic carbocycles. The summed E-state index contributed by atoms with van der Waals surface area (Å²) in [5, 5.41) is 2.96. The normalized spacial score (nSPS) is 28.1. The van der Waals surface area contributed by atoms with Gasteiger partial charge < -0.3 is 14.8 Å². The SMILES string of the molecule is C=C1C[C@@H](C(C)C)C(OC(=O)[C@H]2C[C@@H](NC(=O)OC(C)(C)C)Cc3ccccc32)CC1C. The van der Waals surface area contributed by atoms with Crippen molar-refractivity contribution in [3.8, 4) is 0 Å². The number of fused-ring (bicyclic) bond motifs is 1.